The number of nitrogens with zero attached hydrogens (tertiary/aromatic N) is 1. The Hall–Kier alpha value is -2.05. The first-order valence-electron chi connectivity index (χ1n) is 5.85. The van der Waals surface area contributed by atoms with Crippen LogP contribution in [0.1, 0.15) is 0 Å². The van der Waals surface area contributed by atoms with Gasteiger partial charge in [0.1, 0.15) is 11.6 Å². The Bertz CT molecular complexity index is 716. The van der Waals surface area contributed by atoms with Crippen LogP contribution in [0.4, 0.5) is 15.2 Å². The number of rotatable bonds is 4. The third-order valence-electron chi connectivity index (χ3n) is 2.74. The monoisotopic (exact) mass is 326 g/mol. The van der Waals surface area contributed by atoms with Gasteiger partial charge in [0.2, 0.25) is 0 Å². The molecule has 4 nitrogen and oxygen atoms in total. The van der Waals surface area contributed by atoms with Crippen molar-refractivity contribution in [3.63, 3.8) is 0 Å². The molecule has 0 atom stereocenters. The van der Waals surface area contributed by atoms with Crippen molar-refractivity contribution in [2.24, 2.45) is 0 Å². The molecule has 0 spiro atoms. The van der Waals surface area contributed by atoms with Crippen molar-refractivity contribution < 1.29 is 13.5 Å². The van der Waals surface area contributed by atoms with E-state index in [2.05, 4.69) is 10.3 Å². The topological polar surface area (TPSA) is 47.3 Å². The van der Waals surface area contributed by atoms with Gasteiger partial charge in [0.05, 0.1) is 31.0 Å². The Morgan fingerprint density at radius 3 is 2.86 bits per heavy atom. The number of furan rings is 1. The Morgan fingerprint density at radius 1 is 1.33 bits per heavy atom. The van der Waals surface area contributed by atoms with Crippen LogP contribution >= 0.6 is 23.7 Å². The van der Waals surface area contributed by atoms with Crippen LogP contribution in [-0.2, 0) is 0 Å². The highest BCUT2D eigenvalue weighted by molar-refractivity contribution is 7.14. The quantitative estimate of drug-likeness (QED) is 0.754. The molecular weight excluding hydrogens is 315 g/mol. The van der Waals surface area contributed by atoms with Crippen molar-refractivity contribution in [2.45, 2.75) is 0 Å². The normalized spacial score (nSPS) is 10.0. The van der Waals surface area contributed by atoms with E-state index in [1.54, 1.807) is 24.7 Å². The number of ether oxygens (including phenoxy) is 1. The minimum Gasteiger partial charge on any atom is -0.497 e. The number of aromatic nitrogens is 1. The number of methoxy groups -OCH3 is 1. The van der Waals surface area contributed by atoms with Gasteiger partial charge >= 0.3 is 0 Å². The molecule has 21 heavy (non-hydrogen) atoms. The molecule has 2 aromatic heterocycles. The second kappa shape index (κ2) is 6.60. The fourth-order valence-corrected chi connectivity index (χ4v) is 2.45. The van der Waals surface area contributed by atoms with E-state index in [1.807, 2.05) is 11.4 Å². The predicted molar refractivity (Wildman–Crippen MR) is 83.3 cm³/mol. The maximum Gasteiger partial charge on any atom is 0.187 e. The lowest BCUT2D eigenvalue weighted by molar-refractivity contribution is 0.411. The van der Waals surface area contributed by atoms with E-state index in [4.69, 9.17) is 9.15 Å². The molecule has 2 heterocycles. The maximum absolute atomic E-state index is 13.8. The fourth-order valence-electron chi connectivity index (χ4n) is 1.71. The summed E-state index contributed by atoms with van der Waals surface area (Å²) in [5.74, 6) is 0.0932. The van der Waals surface area contributed by atoms with Crippen LogP contribution in [0, 0.1) is 5.82 Å². The minimum absolute atomic E-state index is 0. The molecule has 0 radical (unpaired) electrons. The molecule has 0 saturated carbocycles. The van der Waals surface area contributed by atoms with Gasteiger partial charge in [-0.2, -0.15) is 0 Å². The first-order valence-corrected chi connectivity index (χ1v) is 6.73. The van der Waals surface area contributed by atoms with Crippen LogP contribution in [0.5, 0.6) is 5.75 Å². The van der Waals surface area contributed by atoms with Crippen molar-refractivity contribution >= 4 is 34.6 Å². The van der Waals surface area contributed by atoms with Crippen molar-refractivity contribution in [1.29, 1.82) is 0 Å². The number of hydrogen-bond acceptors (Lipinski definition) is 5. The maximum atomic E-state index is 13.8. The van der Waals surface area contributed by atoms with Crippen molar-refractivity contribution in [3.8, 4) is 17.0 Å². The Kier molecular flexibility index (Phi) is 4.82. The molecule has 0 saturated heterocycles. The van der Waals surface area contributed by atoms with Crippen molar-refractivity contribution in [2.75, 3.05) is 12.4 Å². The summed E-state index contributed by atoms with van der Waals surface area (Å²) in [6.45, 7) is 0. The molecule has 0 amide bonds. The molecule has 0 bridgehead atoms. The van der Waals surface area contributed by atoms with Gasteiger partial charge in [0.15, 0.2) is 5.13 Å². The summed E-state index contributed by atoms with van der Waals surface area (Å²) in [4.78, 5) is 4.38. The number of thiazole rings is 1. The predicted octanol–water partition coefficient (Wildman–Crippen LogP) is 4.72. The molecule has 3 aromatic rings. The van der Waals surface area contributed by atoms with Crippen molar-refractivity contribution in [1.82, 2.24) is 4.98 Å². The van der Waals surface area contributed by atoms with Crippen molar-refractivity contribution in [3.05, 3.63) is 48.0 Å². The van der Waals surface area contributed by atoms with Gasteiger partial charge in [-0.3, -0.25) is 0 Å². The highest BCUT2D eigenvalue weighted by atomic mass is 35.5. The van der Waals surface area contributed by atoms with E-state index in [9.17, 15) is 4.39 Å². The number of anilines is 2. The zero-order valence-electron chi connectivity index (χ0n) is 11.0. The summed E-state index contributed by atoms with van der Waals surface area (Å²) in [5, 5.41) is 5.45. The number of hydrogen-bond donors (Lipinski definition) is 1. The van der Waals surface area contributed by atoms with E-state index in [1.165, 1.54) is 24.5 Å². The van der Waals surface area contributed by atoms with Crippen LogP contribution < -0.4 is 10.1 Å². The van der Waals surface area contributed by atoms with Gasteiger partial charge in [-0.1, -0.05) is 0 Å². The van der Waals surface area contributed by atoms with Gasteiger partial charge in [0, 0.05) is 17.0 Å². The number of nitrogens with one attached hydrogen (secondary N) is 1. The summed E-state index contributed by atoms with van der Waals surface area (Å²) in [6.07, 6.45) is 3.21. The highest BCUT2D eigenvalue weighted by Crippen LogP contribution is 2.29. The van der Waals surface area contributed by atoms with Gasteiger partial charge in [-0.25, -0.2) is 9.37 Å². The SMILES string of the molecule is COc1ccc(Nc2nc(-c3ccoc3)cs2)c(F)c1.Cl. The summed E-state index contributed by atoms with van der Waals surface area (Å²) in [6, 6.07) is 6.46. The summed E-state index contributed by atoms with van der Waals surface area (Å²) in [5.41, 5.74) is 2.04. The second-order valence-electron chi connectivity index (χ2n) is 4.02. The average molecular weight is 327 g/mol. The summed E-state index contributed by atoms with van der Waals surface area (Å²) < 4.78 is 23.8. The zero-order valence-corrected chi connectivity index (χ0v) is 12.6. The molecule has 0 unspecified atom stereocenters. The van der Waals surface area contributed by atoms with E-state index in [0.29, 0.717) is 16.6 Å². The van der Waals surface area contributed by atoms with E-state index < -0.39 is 0 Å². The average Bonchev–Trinajstić information content (AvgIpc) is 3.11. The van der Waals surface area contributed by atoms with E-state index in [-0.39, 0.29) is 18.2 Å². The molecule has 1 aromatic carbocycles. The standard InChI is InChI=1S/C14H11FN2O2S.ClH/c1-18-10-2-3-12(11(15)6-10)16-14-17-13(8-20-14)9-4-5-19-7-9;/h2-8H,1H3,(H,16,17);1H. The molecule has 0 fully saturated rings. The molecule has 110 valence electrons. The highest BCUT2D eigenvalue weighted by Gasteiger charge is 2.09. The van der Waals surface area contributed by atoms with Gasteiger partial charge in [-0.15, -0.1) is 23.7 Å². The Balaban J connectivity index is 0.00000161. The number of benzene rings is 1. The second-order valence-corrected chi connectivity index (χ2v) is 4.88. The lowest BCUT2D eigenvalue weighted by atomic mass is 10.3. The summed E-state index contributed by atoms with van der Waals surface area (Å²) in [7, 11) is 1.50. The third kappa shape index (κ3) is 3.34. The van der Waals surface area contributed by atoms with E-state index in [0.717, 1.165) is 11.3 Å². The Morgan fingerprint density at radius 2 is 2.19 bits per heavy atom. The molecule has 0 aliphatic heterocycles. The Labute approximate surface area is 131 Å². The van der Waals surface area contributed by atoms with E-state index >= 15 is 0 Å². The van der Waals surface area contributed by atoms with Gasteiger partial charge < -0.3 is 14.5 Å². The summed E-state index contributed by atoms with van der Waals surface area (Å²) >= 11 is 1.40. The lowest BCUT2D eigenvalue weighted by Gasteiger charge is -2.06. The minimum atomic E-state index is -0.385. The molecular formula is C14H12ClFN2O2S. The molecule has 0 aliphatic carbocycles. The van der Waals surface area contributed by atoms with Gasteiger partial charge in [0.25, 0.3) is 0 Å². The largest absolute Gasteiger partial charge is 0.497 e. The smallest absolute Gasteiger partial charge is 0.187 e. The first-order chi connectivity index (χ1) is 9.76. The van der Waals surface area contributed by atoms with Crippen LogP contribution in [0.2, 0.25) is 0 Å². The first kappa shape index (κ1) is 15.3. The van der Waals surface area contributed by atoms with Crippen LogP contribution in [0.3, 0.4) is 0 Å². The zero-order chi connectivity index (χ0) is 13.9. The number of halogens is 2. The van der Waals surface area contributed by atoms with Crippen LogP contribution in [-0.4, -0.2) is 12.1 Å². The lowest BCUT2D eigenvalue weighted by Crippen LogP contribution is -1.94. The molecule has 0 aliphatic rings. The van der Waals surface area contributed by atoms with Gasteiger partial charge in [-0.05, 0) is 18.2 Å². The van der Waals surface area contributed by atoms with Crippen LogP contribution in [0.15, 0.2) is 46.6 Å². The molecule has 7 heteroatoms. The molecule has 3 rings (SSSR count). The molecule has 1 N–H and O–H groups in total. The third-order valence-corrected chi connectivity index (χ3v) is 3.50. The van der Waals surface area contributed by atoms with Crippen LogP contribution in [0.25, 0.3) is 11.3 Å². The fraction of sp³-hybridized carbons (Fsp3) is 0.0714.